The van der Waals surface area contributed by atoms with Gasteiger partial charge in [0.1, 0.15) is 41.9 Å². The van der Waals surface area contributed by atoms with Gasteiger partial charge in [0.25, 0.3) is 0 Å². The van der Waals surface area contributed by atoms with Crippen molar-refractivity contribution in [1.29, 1.82) is 0 Å². The van der Waals surface area contributed by atoms with E-state index in [0.29, 0.717) is 0 Å². The Morgan fingerprint density at radius 2 is 2.00 bits per heavy atom. The average molecular weight is 599 g/mol. The Hall–Kier alpha value is -3.91. The van der Waals surface area contributed by atoms with Crippen molar-refractivity contribution in [1.82, 2.24) is 24.6 Å². The second kappa shape index (κ2) is 11.8. The number of fused-ring (bicyclic) bond motifs is 2. The van der Waals surface area contributed by atoms with Crippen LogP contribution in [0.4, 0.5) is 5.82 Å². The van der Waals surface area contributed by atoms with Crippen LogP contribution in [0.3, 0.4) is 0 Å². The highest BCUT2D eigenvalue weighted by Crippen LogP contribution is 2.48. The Balaban J connectivity index is 1.40. The smallest absolute Gasteiger partial charge is 0.459 e. The predicted molar refractivity (Wildman–Crippen MR) is 152 cm³/mol. The number of hydrogen-bond donors (Lipinski definition) is 4. The van der Waals surface area contributed by atoms with Crippen LogP contribution in [-0.4, -0.2) is 72.8 Å². The summed E-state index contributed by atoms with van der Waals surface area (Å²) in [5.74, 6) is -0.364. The van der Waals surface area contributed by atoms with Crippen LogP contribution in [0.25, 0.3) is 21.9 Å². The molecule has 1 fully saturated rings. The van der Waals surface area contributed by atoms with E-state index in [1.165, 1.54) is 23.3 Å². The molecule has 0 bridgehead atoms. The zero-order valence-electron chi connectivity index (χ0n) is 22.9. The number of hydrogen-bond acceptors (Lipinski definition) is 12. The average Bonchev–Trinajstić information content (AvgIpc) is 3.50. The molecule has 15 heteroatoms. The van der Waals surface area contributed by atoms with Gasteiger partial charge in [0.05, 0.1) is 19.0 Å². The van der Waals surface area contributed by atoms with Crippen molar-refractivity contribution < 1.29 is 38.1 Å². The van der Waals surface area contributed by atoms with E-state index in [1.54, 1.807) is 32.0 Å². The van der Waals surface area contributed by atoms with Gasteiger partial charge in [-0.3, -0.25) is 13.9 Å². The lowest BCUT2D eigenvalue weighted by atomic mass is 9.96. The molecule has 2 aromatic carbocycles. The first kappa shape index (κ1) is 29.6. The fraction of sp³-hybridized carbons (Fsp3) is 0.333. The second-order valence-corrected chi connectivity index (χ2v) is 11.7. The van der Waals surface area contributed by atoms with E-state index in [9.17, 15) is 19.6 Å². The number of aliphatic hydroxyl groups is 2. The van der Waals surface area contributed by atoms with E-state index in [2.05, 4.69) is 26.6 Å². The monoisotopic (exact) mass is 598 g/mol. The highest BCUT2D eigenvalue weighted by molar-refractivity contribution is 7.52. The molecule has 5 N–H and O–H groups in total. The van der Waals surface area contributed by atoms with Gasteiger partial charge in [-0.2, -0.15) is 0 Å². The first-order valence-electron chi connectivity index (χ1n) is 13.0. The SMILES string of the molecule is C=C[C@]1(COP(=O)(NCC(=O)OC(C)C)Oc2ccc3ccccc3c2)O[C@@H](n2cnc3c(N)ncnc32)[C@H](O)[C@@H]1O. The zero-order chi connectivity index (χ0) is 30.1. The summed E-state index contributed by atoms with van der Waals surface area (Å²) in [6.45, 7) is 6.01. The molecule has 1 unspecified atom stereocenters. The van der Waals surface area contributed by atoms with Gasteiger partial charge in [0.15, 0.2) is 17.7 Å². The van der Waals surface area contributed by atoms with Crippen molar-refractivity contribution in [3.8, 4) is 5.75 Å². The number of benzene rings is 2. The molecule has 42 heavy (non-hydrogen) atoms. The molecule has 222 valence electrons. The van der Waals surface area contributed by atoms with Crippen molar-refractivity contribution in [2.24, 2.45) is 0 Å². The number of nitrogens with two attached hydrogens (primary N) is 1. The second-order valence-electron chi connectivity index (χ2n) is 9.93. The summed E-state index contributed by atoms with van der Waals surface area (Å²) >= 11 is 0. The number of esters is 1. The summed E-state index contributed by atoms with van der Waals surface area (Å²) in [5.41, 5.74) is 4.65. The minimum atomic E-state index is -4.32. The number of carbonyl (C=O) groups is 1. The Bertz CT molecular complexity index is 1660. The van der Waals surface area contributed by atoms with E-state index >= 15 is 0 Å². The van der Waals surface area contributed by atoms with Gasteiger partial charge in [-0.25, -0.2) is 24.6 Å². The number of anilines is 1. The topological polar surface area (TPSA) is 193 Å². The number of aromatic nitrogens is 4. The molecule has 5 rings (SSSR count). The summed E-state index contributed by atoms with van der Waals surface area (Å²) < 4.78 is 38.1. The number of rotatable bonds is 11. The van der Waals surface area contributed by atoms with E-state index in [-0.39, 0.29) is 22.7 Å². The lowest BCUT2D eigenvalue weighted by Gasteiger charge is -2.30. The molecule has 1 aliphatic heterocycles. The van der Waals surface area contributed by atoms with E-state index in [1.807, 2.05) is 24.3 Å². The van der Waals surface area contributed by atoms with Crippen molar-refractivity contribution >= 4 is 41.5 Å². The zero-order valence-corrected chi connectivity index (χ0v) is 23.8. The first-order valence-corrected chi connectivity index (χ1v) is 14.6. The summed E-state index contributed by atoms with van der Waals surface area (Å²) in [6.07, 6.45) is -0.885. The summed E-state index contributed by atoms with van der Waals surface area (Å²) in [4.78, 5) is 24.5. The number of aliphatic hydroxyl groups excluding tert-OH is 2. The number of imidazole rings is 1. The maximum atomic E-state index is 14.0. The van der Waals surface area contributed by atoms with Crippen LogP contribution in [0.2, 0.25) is 0 Å². The van der Waals surface area contributed by atoms with E-state index in [4.69, 9.17) is 24.3 Å². The van der Waals surface area contributed by atoms with Crippen LogP contribution in [0, 0.1) is 0 Å². The van der Waals surface area contributed by atoms with Gasteiger partial charge in [0.2, 0.25) is 0 Å². The van der Waals surface area contributed by atoms with Gasteiger partial charge >= 0.3 is 13.7 Å². The maximum Gasteiger partial charge on any atom is 0.459 e. The molecule has 0 spiro atoms. The number of nitrogen functional groups attached to an aromatic ring is 1. The van der Waals surface area contributed by atoms with Gasteiger partial charge in [-0.05, 0) is 36.8 Å². The quantitative estimate of drug-likeness (QED) is 0.112. The normalized spacial score (nSPS) is 23.7. The third-order valence-corrected chi connectivity index (χ3v) is 8.12. The van der Waals surface area contributed by atoms with E-state index < -0.39 is 57.0 Å². The van der Waals surface area contributed by atoms with Crippen LogP contribution in [0.5, 0.6) is 5.75 Å². The summed E-state index contributed by atoms with van der Waals surface area (Å²) in [6, 6.07) is 12.6. The molecule has 4 aromatic rings. The molecule has 0 saturated carbocycles. The molecule has 0 amide bonds. The number of carbonyl (C=O) groups excluding carboxylic acids is 1. The van der Waals surface area contributed by atoms with Gasteiger partial charge < -0.3 is 29.9 Å². The van der Waals surface area contributed by atoms with Crippen LogP contribution in [0.1, 0.15) is 20.1 Å². The molecule has 3 heterocycles. The maximum absolute atomic E-state index is 14.0. The third kappa shape index (κ3) is 5.86. The molecule has 2 aromatic heterocycles. The molecule has 14 nitrogen and oxygen atoms in total. The Morgan fingerprint density at radius 3 is 2.74 bits per heavy atom. The number of ether oxygens (including phenoxy) is 2. The largest absolute Gasteiger partial charge is 0.462 e. The number of nitrogens with one attached hydrogen (secondary N) is 1. The van der Waals surface area contributed by atoms with Crippen molar-refractivity contribution in [2.75, 3.05) is 18.9 Å². The summed E-state index contributed by atoms with van der Waals surface area (Å²) in [5, 5.41) is 26.3. The van der Waals surface area contributed by atoms with Gasteiger partial charge in [0, 0.05) is 0 Å². The Morgan fingerprint density at radius 1 is 1.24 bits per heavy atom. The van der Waals surface area contributed by atoms with Crippen LogP contribution < -0.4 is 15.3 Å². The highest BCUT2D eigenvalue weighted by Gasteiger charge is 2.55. The van der Waals surface area contributed by atoms with Crippen molar-refractivity contribution in [3.63, 3.8) is 0 Å². The van der Waals surface area contributed by atoms with Crippen LogP contribution in [-0.2, 0) is 23.4 Å². The predicted octanol–water partition coefficient (Wildman–Crippen LogP) is 2.48. The fourth-order valence-corrected chi connectivity index (χ4v) is 5.85. The summed E-state index contributed by atoms with van der Waals surface area (Å²) in [7, 11) is -4.32. The van der Waals surface area contributed by atoms with Crippen LogP contribution >= 0.6 is 7.75 Å². The molecule has 1 aliphatic rings. The minimum Gasteiger partial charge on any atom is -0.462 e. The fourth-order valence-electron chi connectivity index (χ4n) is 4.55. The van der Waals surface area contributed by atoms with Gasteiger partial charge in [-0.15, -0.1) is 6.58 Å². The highest BCUT2D eigenvalue weighted by atomic mass is 31.2. The minimum absolute atomic E-state index is 0.124. The van der Waals surface area contributed by atoms with E-state index in [0.717, 1.165) is 10.8 Å². The third-order valence-electron chi connectivity index (χ3n) is 6.65. The lowest BCUT2D eigenvalue weighted by molar-refractivity contribution is -0.146. The Kier molecular flexibility index (Phi) is 8.28. The molecule has 0 radical (unpaired) electrons. The first-order chi connectivity index (χ1) is 20.0. The van der Waals surface area contributed by atoms with Crippen molar-refractivity contribution in [2.45, 2.75) is 44.0 Å². The standard InChI is InChI=1S/C27H31N6O8P/c1-4-27(23(36)22(35)26(40-27)33-15-31-21-24(28)29-14-30-25(21)33)13-38-42(37,32-12-20(34)39-16(2)3)41-19-10-9-17-7-5-6-8-18(17)11-19/h4-11,14-16,22-23,26,35-36H,1,12-13H2,2-3H3,(H,32,37)(H2,28,29,30)/t22-,23+,26-,27-,42?/m1/s1. The molecular formula is C27H31N6O8P. The van der Waals surface area contributed by atoms with Gasteiger partial charge in [-0.1, -0.05) is 36.4 Å². The molecule has 5 atom stereocenters. The van der Waals surface area contributed by atoms with Crippen molar-refractivity contribution in [3.05, 3.63) is 67.8 Å². The van der Waals surface area contributed by atoms with Crippen LogP contribution in [0.15, 0.2) is 67.8 Å². The lowest BCUT2D eigenvalue weighted by Crippen LogP contribution is -2.45. The number of nitrogens with zero attached hydrogens (tertiary/aromatic N) is 4. The Labute approximate surface area is 240 Å². The molecule has 1 saturated heterocycles. The molecule has 0 aliphatic carbocycles. The molecular weight excluding hydrogens is 567 g/mol.